The zero-order chi connectivity index (χ0) is 29.5. The topological polar surface area (TPSA) is 54.1 Å². The molecule has 7 rings (SSSR count). The molecule has 0 aliphatic carbocycles. The first-order valence-corrected chi connectivity index (χ1v) is 14.5. The summed E-state index contributed by atoms with van der Waals surface area (Å²) in [4.78, 5) is 4.69. The molecule has 0 aliphatic heterocycles. The van der Waals surface area contributed by atoms with Crippen LogP contribution in [0.15, 0.2) is 110 Å². The van der Waals surface area contributed by atoms with Crippen LogP contribution in [-0.2, 0) is 0 Å². The number of nitrogens with zero attached hydrogens (tertiary/aromatic N) is 4. The number of aryl methyl sites for hydroxylation is 3. The number of hydrogen-bond acceptors (Lipinski definition) is 4. The van der Waals surface area contributed by atoms with Crippen LogP contribution in [0, 0.1) is 20.8 Å². The van der Waals surface area contributed by atoms with E-state index < -0.39 is 0 Å². The first-order chi connectivity index (χ1) is 21.0. The van der Waals surface area contributed by atoms with Crippen LogP contribution in [0.1, 0.15) is 23.6 Å². The summed E-state index contributed by atoms with van der Waals surface area (Å²) < 4.78 is 16.3. The Kier molecular flexibility index (Phi) is 6.67. The highest BCUT2D eigenvalue weighted by molar-refractivity contribution is 6.09. The predicted octanol–water partition coefficient (Wildman–Crippen LogP) is 9.15. The molecule has 0 N–H and O–H groups in total. The van der Waals surface area contributed by atoms with Gasteiger partial charge >= 0.3 is 0 Å². The molecule has 4 aromatic carbocycles. The third-order valence-corrected chi connectivity index (χ3v) is 7.78. The van der Waals surface area contributed by atoms with E-state index in [9.17, 15) is 0 Å². The van der Waals surface area contributed by atoms with Crippen LogP contribution in [0.25, 0.3) is 44.4 Å². The molecule has 3 aromatic heterocycles. The summed E-state index contributed by atoms with van der Waals surface area (Å²) in [7, 11) is 0. The Labute approximate surface area is 250 Å². The smallest absolute Gasteiger partial charge is 0.137 e. The van der Waals surface area contributed by atoms with Crippen LogP contribution in [-0.4, -0.2) is 25.9 Å². The third kappa shape index (κ3) is 4.91. The third-order valence-electron chi connectivity index (χ3n) is 7.78. The average Bonchev–Trinajstić information content (AvgIpc) is 3.60. The van der Waals surface area contributed by atoms with Crippen LogP contribution in [0.4, 0.5) is 0 Å². The van der Waals surface area contributed by atoms with Gasteiger partial charge in [-0.05, 0) is 105 Å². The van der Waals surface area contributed by atoms with Gasteiger partial charge in [-0.1, -0.05) is 24.3 Å². The zero-order valence-electron chi connectivity index (χ0n) is 24.7. The van der Waals surface area contributed by atoms with Crippen LogP contribution < -0.4 is 9.47 Å². The summed E-state index contributed by atoms with van der Waals surface area (Å²) in [5.74, 6) is 3.27. The second-order valence-corrected chi connectivity index (χ2v) is 10.9. The molecule has 0 amide bonds. The van der Waals surface area contributed by atoms with E-state index in [-0.39, 0.29) is 0 Å². The Hall–Kier alpha value is -5.36. The number of rotatable bonds is 7. The van der Waals surface area contributed by atoms with Gasteiger partial charge in [0.05, 0.1) is 29.5 Å². The molecule has 6 heteroatoms. The van der Waals surface area contributed by atoms with E-state index in [1.165, 1.54) is 10.9 Å². The van der Waals surface area contributed by atoms with Crippen LogP contribution in [0.5, 0.6) is 17.2 Å². The quantitative estimate of drug-likeness (QED) is 0.194. The van der Waals surface area contributed by atoms with Crippen molar-refractivity contribution in [1.29, 1.82) is 0 Å². The van der Waals surface area contributed by atoms with Gasteiger partial charge in [0.15, 0.2) is 0 Å². The first kappa shape index (κ1) is 26.5. The fraction of sp³-hybridized carbons (Fsp3) is 0.135. The van der Waals surface area contributed by atoms with Crippen molar-refractivity contribution in [3.63, 3.8) is 0 Å². The molecule has 0 aliphatic rings. The zero-order valence-corrected chi connectivity index (χ0v) is 24.7. The molecule has 0 radical (unpaired) electrons. The Balaban J connectivity index is 1.22. The van der Waals surface area contributed by atoms with Crippen LogP contribution in [0.3, 0.4) is 0 Å². The lowest BCUT2D eigenvalue weighted by molar-refractivity contribution is 0.340. The lowest BCUT2D eigenvalue weighted by Gasteiger charge is -2.12. The molecule has 43 heavy (non-hydrogen) atoms. The summed E-state index contributed by atoms with van der Waals surface area (Å²) in [6, 6.07) is 31.0. The molecule has 7 aromatic rings. The largest absolute Gasteiger partial charge is 0.494 e. The highest BCUT2D eigenvalue weighted by Gasteiger charge is 2.15. The Morgan fingerprint density at radius 2 is 1.51 bits per heavy atom. The van der Waals surface area contributed by atoms with Crippen molar-refractivity contribution in [2.24, 2.45) is 0 Å². The standard InChI is InChI=1S/C37H32N4O2/c1-5-42-31-18-25(3)37(26(4)19-31)27-22-39-40(23-27)28-9-8-10-29(20-28)43-30-13-14-33-32-11-6-7-12-34(32)41(35(33)21-30)36-17-24(2)15-16-38-36/h6-23H,5H2,1-4H3. The molecule has 212 valence electrons. The maximum absolute atomic E-state index is 6.44. The van der Waals surface area contributed by atoms with E-state index in [0.717, 1.165) is 67.4 Å². The van der Waals surface area contributed by atoms with Gasteiger partial charge in [-0.15, -0.1) is 0 Å². The second-order valence-electron chi connectivity index (χ2n) is 10.9. The van der Waals surface area contributed by atoms with Gasteiger partial charge in [0.25, 0.3) is 0 Å². The van der Waals surface area contributed by atoms with Crippen molar-refractivity contribution in [2.75, 3.05) is 6.61 Å². The molecule has 3 heterocycles. The molecule has 0 unspecified atom stereocenters. The van der Waals surface area contributed by atoms with E-state index in [1.54, 1.807) is 0 Å². The predicted molar refractivity (Wildman–Crippen MR) is 173 cm³/mol. The van der Waals surface area contributed by atoms with Crippen molar-refractivity contribution >= 4 is 21.8 Å². The highest BCUT2D eigenvalue weighted by atomic mass is 16.5. The monoisotopic (exact) mass is 564 g/mol. The van der Waals surface area contributed by atoms with Gasteiger partial charge in [0.1, 0.15) is 23.1 Å². The molecular weight excluding hydrogens is 532 g/mol. The van der Waals surface area contributed by atoms with E-state index in [0.29, 0.717) is 6.61 Å². The molecule has 0 bridgehead atoms. The van der Waals surface area contributed by atoms with Crippen molar-refractivity contribution < 1.29 is 9.47 Å². The number of para-hydroxylation sites is 1. The van der Waals surface area contributed by atoms with Gasteiger partial charge in [-0.2, -0.15) is 5.10 Å². The lowest BCUT2D eigenvalue weighted by Crippen LogP contribution is -1.98. The van der Waals surface area contributed by atoms with Gasteiger partial charge in [-0.3, -0.25) is 4.57 Å². The number of pyridine rings is 1. The van der Waals surface area contributed by atoms with E-state index in [2.05, 4.69) is 91.2 Å². The lowest BCUT2D eigenvalue weighted by atomic mass is 9.98. The molecular formula is C37H32N4O2. The number of benzene rings is 4. The van der Waals surface area contributed by atoms with E-state index in [1.807, 2.05) is 60.4 Å². The normalized spacial score (nSPS) is 11.3. The van der Waals surface area contributed by atoms with E-state index in [4.69, 9.17) is 14.5 Å². The molecule has 0 saturated carbocycles. The Morgan fingerprint density at radius 1 is 0.721 bits per heavy atom. The van der Waals surface area contributed by atoms with Gasteiger partial charge in [-0.25, -0.2) is 9.67 Å². The minimum atomic E-state index is 0.649. The average molecular weight is 565 g/mol. The SMILES string of the molecule is CCOc1cc(C)c(-c2cnn(-c3cccc(Oc4ccc5c6ccccc6n(-c6cc(C)ccn6)c5c4)c3)c2)c(C)c1. The van der Waals surface area contributed by atoms with Crippen molar-refractivity contribution in [3.8, 4) is 39.9 Å². The molecule has 0 atom stereocenters. The van der Waals surface area contributed by atoms with Gasteiger partial charge < -0.3 is 9.47 Å². The summed E-state index contributed by atoms with van der Waals surface area (Å²) >= 11 is 0. The summed E-state index contributed by atoms with van der Waals surface area (Å²) in [6.45, 7) is 8.96. The fourth-order valence-corrected chi connectivity index (χ4v) is 5.95. The van der Waals surface area contributed by atoms with Gasteiger partial charge in [0, 0.05) is 40.9 Å². The molecule has 0 fully saturated rings. The maximum atomic E-state index is 6.44. The molecule has 0 saturated heterocycles. The second kappa shape index (κ2) is 10.8. The minimum Gasteiger partial charge on any atom is -0.494 e. The van der Waals surface area contributed by atoms with E-state index >= 15 is 0 Å². The minimum absolute atomic E-state index is 0.649. The van der Waals surface area contributed by atoms with Crippen LogP contribution >= 0.6 is 0 Å². The summed E-state index contributed by atoms with van der Waals surface area (Å²) in [6.07, 6.45) is 5.83. The number of fused-ring (bicyclic) bond motifs is 3. The van der Waals surface area contributed by atoms with Crippen molar-refractivity contribution in [3.05, 3.63) is 126 Å². The van der Waals surface area contributed by atoms with Crippen molar-refractivity contribution in [2.45, 2.75) is 27.7 Å². The van der Waals surface area contributed by atoms with Gasteiger partial charge in [0.2, 0.25) is 0 Å². The Bertz CT molecular complexity index is 2100. The van der Waals surface area contributed by atoms with Crippen LogP contribution in [0.2, 0.25) is 0 Å². The first-order valence-electron chi connectivity index (χ1n) is 14.5. The molecule has 0 spiro atoms. The highest BCUT2D eigenvalue weighted by Crippen LogP contribution is 2.36. The number of aromatic nitrogens is 4. The number of ether oxygens (including phenoxy) is 2. The summed E-state index contributed by atoms with van der Waals surface area (Å²) in [5.41, 5.74) is 8.80. The fourth-order valence-electron chi connectivity index (χ4n) is 5.95. The number of hydrogen-bond donors (Lipinski definition) is 0. The van der Waals surface area contributed by atoms with Crippen molar-refractivity contribution in [1.82, 2.24) is 19.3 Å². The Morgan fingerprint density at radius 3 is 2.33 bits per heavy atom. The molecule has 6 nitrogen and oxygen atoms in total. The summed E-state index contributed by atoms with van der Waals surface area (Å²) in [5, 5.41) is 7.03. The maximum Gasteiger partial charge on any atom is 0.137 e.